The second kappa shape index (κ2) is 6.47. The average Bonchev–Trinajstić information content (AvgIpc) is 2.60. The van der Waals surface area contributed by atoms with E-state index in [2.05, 4.69) is 26.2 Å². The van der Waals surface area contributed by atoms with Crippen LogP contribution in [0.25, 0.3) is 0 Å². The van der Waals surface area contributed by atoms with Crippen molar-refractivity contribution in [1.82, 2.24) is 4.98 Å². The lowest BCUT2D eigenvalue weighted by atomic mass is 10.2. The number of carbonyl (C=O) groups excluding carboxylic acids is 1. The highest BCUT2D eigenvalue weighted by Gasteiger charge is 2.14. The molecule has 7 heteroatoms. The van der Waals surface area contributed by atoms with Crippen molar-refractivity contribution in [1.29, 1.82) is 0 Å². The zero-order valence-corrected chi connectivity index (χ0v) is 11.4. The van der Waals surface area contributed by atoms with Gasteiger partial charge in [0.25, 0.3) is 0 Å². The minimum absolute atomic E-state index is 0.175. The smallest absolute Gasteiger partial charge is 0.243 e. The maximum Gasteiger partial charge on any atom is 0.243 e. The highest BCUT2D eigenvalue weighted by Crippen LogP contribution is 2.23. The molecule has 0 radical (unpaired) electrons. The standard InChI is InChI=1S/C8H12BrN3OS2/c1-14-3-2-5(10)7(13)12-8-11-4-6(9)15-8/h4-5H,2-3,10H2,1H3,(H,11,12,13)/t5-/m1/s1. The van der Waals surface area contributed by atoms with Crippen LogP contribution >= 0.6 is 39.0 Å². The van der Waals surface area contributed by atoms with Gasteiger partial charge in [0.15, 0.2) is 5.13 Å². The average molecular weight is 310 g/mol. The van der Waals surface area contributed by atoms with Gasteiger partial charge in [-0.05, 0) is 34.4 Å². The number of thioether (sulfide) groups is 1. The van der Waals surface area contributed by atoms with Crippen LogP contribution in [-0.4, -0.2) is 28.9 Å². The minimum atomic E-state index is -0.458. The quantitative estimate of drug-likeness (QED) is 0.872. The SMILES string of the molecule is CSCC[C@@H](N)C(=O)Nc1ncc(Br)s1. The normalized spacial score (nSPS) is 12.5. The fourth-order valence-electron chi connectivity index (χ4n) is 0.886. The summed E-state index contributed by atoms with van der Waals surface area (Å²) in [4.78, 5) is 15.5. The fourth-order valence-corrected chi connectivity index (χ4v) is 2.49. The van der Waals surface area contributed by atoms with Gasteiger partial charge in [0.05, 0.1) is 16.0 Å². The predicted molar refractivity (Wildman–Crippen MR) is 69.4 cm³/mol. The molecule has 0 bridgehead atoms. The van der Waals surface area contributed by atoms with Crippen molar-refractivity contribution in [2.75, 3.05) is 17.3 Å². The summed E-state index contributed by atoms with van der Waals surface area (Å²) in [5.41, 5.74) is 5.70. The number of nitrogens with zero attached hydrogens (tertiary/aromatic N) is 1. The lowest BCUT2D eigenvalue weighted by molar-refractivity contribution is -0.117. The first-order valence-corrected chi connectivity index (χ1v) is 7.30. The number of nitrogens with two attached hydrogens (primary N) is 1. The van der Waals surface area contributed by atoms with Gasteiger partial charge in [-0.15, -0.1) is 0 Å². The van der Waals surface area contributed by atoms with Gasteiger partial charge >= 0.3 is 0 Å². The number of aromatic nitrogens is 1. The molecule has 1 amide bonds. The molecule has 0 spiro atoms. The Bertz CT molecular complexity index is 331. The lowest BCUT2D eigenvalue weighted by Gasteiger charge is -2.09. The Morgan fingerprint density at radius 2 is 2.60 bits per heavy atom. The monoisotopic (exact) mass is 309 g/mol. The first kappa shape index (κ1) is 13.0. The van der Waals surface area contributed by atoms with Crippen molar-refractivity contribution in [3.8, 4) is 0 Å². The van der Waals surface area contributed by atoms with E-state index in [1.807, 2.05) is 6.26 Å². The highest BCUT2D eigenvalue weighted by atomic mass is 79.9. The summed E-state index contributed by atoms with van der Waals surface area (Å²) < 4.78 is 0.885. The van der Waals surface area contributed by atoms with Gasteiger partial charge in [-0.25, -0.2) is 4.98 Å². The summed E-state index contributed by atoms with van der Waals surface area (Å²) in [6.07, 6.45) is 4.32. The van der Waals surface area contributed by atoms with Crippen molar-refractivity contribution in [3.63, 3.8) is 0 Å². The van der Waals surface area contributed by atoms with Crippen LogP contribution < -0.4 is 11.1 Å². The van der Waals surface area contributed by atoms with Crippen molar-refractivity contribution >= 4 is 50.1 Å². The van der Waals surface area contributed by atoms with Crippen LogP contribution in [-0.2, 0) is 4.79 Å². The van der Waals surface area contributed by atoms with E-state index in [1.54, 1.807) is 18.0 Å². The van der Waals surface area contributed by atoms with E-state index in [4.69, 9.17) is 5.73 Å². The number of hydrogen-bond donors (Lipinski definition) is 2. The number of amides is 1. The fraction of sp³-hybridized carbons (Fsp3) is 0.500. The van der Waals surface area contributed by atoms with E-state index in [1.165, 1.54) is 11.3 Å². The van der Waals surface area contributed by atoms with Gasteiger partial charge in [-0.3, -0.25) is 4.79 Å². The van der Waals surface area contributed by atoms with Gasteiger partial charge in [0, 0.05) is 0 Å². The van der Waals surface area contributed by atoms with E-state index in [-0.39, 0.29) is 5.91 Å². The number of anilines is 1. The Morgan fingerprint density at radius 1 is 1.87 bits per heavy atom. The molecule has 0 aliphatic heterocycles. The topological polar surface area (TPSA) is 68.0 Å². The summed E-state index contributed by atoms with van der Waals surface area (Å²) in [6.45, 7) is 0. The number of nitrogens with one attached hydrogen (secondary N) is 1. The minimum Gasteiger partial charge on any atom is -0.320 e. The third-order valence-corrected chi connectivity index (χ3v) is 3.71. The first-order valence-electron chi connectivity index (χ1n) is 4.30. The number of rotatable bonds is 5. The molecular weight excluding hydrogens is 298 g/mol. The summed E-state index contributed by atoms with van der Waals surface area (Å²) in [6, 6.07) is -0.458. The molecular formula is C8H12BrN3OS2. The molecule has 0 aliphatic rings. The highest BCUT2D eigenvalue weighted by molar-refractivity contribution is 9.11. The molecule has 0 fully saturated rings. The molecule has 0 aliphatic carbocycles. The Labute approximate surface area is 105 Å². The van der Waals surface area contributed by atoms with Gasteiger partial charge in [-0.2, -0.15) is 11.8 Å². The van der Waals surface area contributed by atoms with Crippen LogP contribution in [0.15, 0.2) is 9.98 Å². The molecule has 0 saturated heterocycles. The molecule has 1 aromatic rings. The molecule has 1 aromatic heterocycles. The van der Waals surface area contributed by atoms with E-state index < -0.39 is 6.04 Å². The van der Waals surface area contributed by atoms with Gasteiger partial charge in [-0.1, -0.05) is 11.3 Å². The van der Waals surface area contributed by atoms with Gasteiger partial charge in [0.1, 0.15) is 0 Å². The predicted octanol–water partition coefficient (Wildman–Crippen LogP) is 1.92. The van der Waals surface area contributed by atoms with Crippen LogP contribution in [0.1, 0.15) is 6.42 Å². The molecule has 1 heterocycles. The van der Waals surface area contributed by atoms with E-state index in [9.17, 15) is 4.79 Å². The molecule has 4 nitrogen and oxygen atoms in total. The van der Waals surface area contributed by atoms with Crippen molar-refractivity contribution < 1.29 is 4.79 Å². The van der Waals surface area contributed by atoms with E-state index in [0.717, 1.165) is 9.54 Å². The Kier molecular flexibility index (Phi) is 5.59. The molecule has 15 heavy (non-hydrogen) atoms. The maximum atomic E-state index is 11.5. The zero-order valence-electron chi connectivity index (χ0n) is 8.20. The van der Waals surface area contributed by atoms with Crippen LogP contribution in [0.2, 0.25) is 0 Å². The zero-order chi connectivity index (χ0) is 11.3. The largest absolute Gasteiger partial charge is 0.320 e. The first-order chi connectivity index (χ1) is 7.13. The third kappa shape index (κ3) is 4.50. The molecule has 1 atom stereocenters. The molecule has 84 valence electrons. The summed E-state index contributed by atoms with van der Waals surface area (Å²) in [7, 11) is 0. The third-order valence-electron chi connectivity index (χ3n) is 1.68. The summed E-state index contributed by atoms with van der Waals surface area (Å²) in [5.74, 6) is 0.710. The van der Waals surface area contributed by atoms with Crippen LogP contribution in [0.5, 0.6) is 0 Å². The Balaban J connectivity index is 2.41. The summed E-state index contributed by atoms with van der Waals surface area (Å²) >= 11 is 6.32. The molecule has 0 unspecified atom stereocenters. The number of thiazole rings is 1. The molecule has 0 aromatic carbocycles. The summed E-state index contributed by atoms with van der Waals surface area (Å²) in [5, 5.41) is 3.25. The number of hydrogen-bond acceptors (Lipinski definition) is 5. The molecule has 1 rings (SSSR count). The second-order valence-electron chi connectivity index (χ2n) is 2.85. The van der Waals surface area contributed by atoms with E-state index in [0.29, 0.717) is 11.6 Å². The van der Waals surface area contributed by atoms with Crippen LogP contribution in [0.4, 0.5) is 5.13 Å². The van der Waals surface area contributed by atoms with Gasteiger partial charge in [0.2, 0.25) is 5.91 Å². The molecule has 3 N–H and O–H groups in total. The van der Waals surface area contributed by atoms with Crippen LogP contribution in [0, 0.1) is 0 Å². The lowest BCUT2D eigenvalue weighted by Crippen LogP contribution is -2.36. The number of carbonyl (C=O) groups is 1. The number of halogens is 1. The molecule has 0 saturated carbocycles. The Hall–Kier alpha value is -0.110. The van der Waals surface area contributed by atoms with Crippen molar-refractivity contribution in [2.24, 2.45) is 5.73 Å². The van der Waals surface area contributed by atoms with Crippen molar-refractivity contribution in [2.45, 2.75) is 12.5 Å². The van der Waals surface area contributed by atoms with E-state index >= 15 is 0 Å². The Morgan fingerprint density at radius 3 is 3.13 bits per heavy atom. The second-order valence-corrected chi connectivity index (χ2v) is 6.24. The van der Waals surface area contributed by atoms with Gasteiger partial charge < -0.3 is 11.1 Å². The van der Waals surface area contributed by atoms with Crippen LogP contribution in [0.3, 0.4) is 0 Å². The maximum absolute atomic E-state index is 11.5. The van der Waals surface area contributed by atoms with Crippen molar-refractivity contribution in [3.05, 3.63) is 9.98 Å².